The fraction of sp³-hybridized carbons (Fsp3) is 0.167. The normalized spacial score (nSPS) is 11.4. The summed E-state index contributed by atoms with van der Waals surface area (Å²) in [5, 5.41) is 0. The van der Waals surface area contributed by atoms with Gasteiger partial charge in [-0.05, 0) is 11.6 Å². The molecule has 0 heterocycles. The predicted molar refractivity (Wildman–Crippen MR) is 56.5 cm³/mol. The molecule has 0 saturated heterocycles. The molecule has 0 saturated carbocycles. The van der Waals surface area contributed by atoms with Gasteiger partial charge in [0.05, 0.1) is 13.2 Å². The fourth-order valence-electron chi connectivity index (χ4n) is 1.01. The summed E-state index contributed by atoms with van der Waals surface area (Å²) >= 11 is 0. The van der Waals surface area contributed by atoms with Gasteiger partial charge >= 0.3 is 0 Å². The van der Waals surface area contributed by atoms with Crippen molar-refractivity contribution < 1.29 is 9.13 Å². The zero-order valence-corrected chi connectivity index (χ0v) is 7.95. The lowest BCUT2D eigenvalue weighted by Gasteiger charge is -1.98. The highest BCUT2D eigenvalue weighted by atomic mass is 19.1. The Kier molecular flexibility index (Phi) is 4.65. The molecule has 0 aliphatic carbocycles. The van der Waals surface area contributed by atoms with Crippen LogP contribution in [0.15, 0.2) is 48.8 Å². The van der Waals surface area contributed by atoms with Gasteiger partial charge in [-0.1, -0.05) is 36.4 Å². The minimum Gasteiger partial charge on any atom is -0.370 e. The summed E-state index contributed by atoms with van der Waals surface area (Å²) in [6.07, 6.45) is 3.05. The van der Waals surface area contributed by atoms with Crippen LogP contribution in [0.25, 0.3) is 6.08 Å². The fourth-order valence-corrected chi connectivity index (χ4v) is 1.01. The van der Waals surface area contributed by atoms with Crippen LogP contribution in [0.4, 0.5) is 4.39 Å². The molecule has 14 heavy (non-hydrogen) atoms. The first kappa shape index (κ1) is 10.7. The van der Waals surface area contributed by atoms with Crippen LogP contribution in [-0.2, 0) is 4.74 Å². The van der Waals surface area contributed by atoms with E-state index in [1.807, 2.05) is 30.3 Å². The highest BCUT2D eigenvalue weighted by molar-refractivity contribution is 5.50. The lowest BCUT2D eigenvalue weighted by atomic mass is 10.2. The molecule has 0 spiro atoms. The molecule has 0 N–H and O–H groups in total. The van der Waals surface area contributed by atoms with Crippen molar-refractivity contribution in [3.63, 3.8) is 0 Å². The zero-order valence-electron chi connectivity index (χ0n) is 7.95. The summed E-state index contributed by atoms with van der Waals surface area (Å²) in [4.78, 5) is 0. The number of hydrogen-bond donors (Lipinski definition) is 0. The van der Waals surface area contributed by atoms with E-state index in [0.29, 0.717) is 6.61 Å². The standard InChI is InChI=1S/C12H13FO/c1-2-8-14-10-12(13)9-11-6-4-3-5-7-11/h2-7,9H,1,8,10H2/b12-9+. The van der Waals surface area contributed by atoms with E-state index in [0.717, 1.165) is 5.56 Å². The van der Waals surface area contributed by atoms with Crippen molar-refractivity contribution in [3.05, 3.63) is 54.4 Å². The molecular formula is C12H13FO. The summed E-state index contributed by atoms with van der Waals surface area (Å²) in [5.74, 6) is -0.280. The molecule has 0 amide bonds. The van der Waals surface area contributed by atoms with Crippen molar-refractivity contribution >= 4 is 6.08 Å². The maximum absolute atomic E-state index is 13.1. The lowest BCUT2D eigenvalue weighted by Crippen LogP contribution is -1.94. The third-order valence-electron chi connectivity index (χ3n) is 1.60. The summed E-state index contributed by atoms with van der Waals surface area (Å²) < 4.78 is 18.1. The van der Waals surface area contributed by atoms with Gasteiger partial charge in [0, 0.05) is 0 Å². The third kappa shape index (κ3) is 4.01. The van der Waals surface area contributed by atoms with Crippen LogP contribution in [-0.4, -0.2) is 13.2 Å². The number of hydrogen-bond acceptors (Lipinski definition) is 1. The van der Waals surface area contributed by atoms with Crippen LogP contribution in [0.1, 0.15) is 5.56 Å². The van der Waals surface area contributed by atoms with Gasteiger partial charge in [0.25, 0.3) is 0 Å². The number of benzene rings is 1. The first-order chi connectivity index (χ1) is 6.83. The average molecular weight is 192 g/mol. The second-order valence-corrected chi connectivity index (χ2v) is 2.81. The van der Waals surface area contributed by atoms with Gasteiger partial charge in [0.1, 0.15) is 5.83 Å². The number of halogens is 1. The third-order valence-corrected chi connectivity index (χ3v) is 1.60. The summed E-state index contributed by atoms with van der Waals surface area (Å²) in [7, 11) is 0. The number of ether oxygens (including phenoxy) is 1. The van der Waals surface area contributed by atoms with Crippen molar-refractivity contribution in [2.75, 3.05) is 13.2 Å². The van der Waals surface area contributed by atoms with Crippen molar-refractivity contribution in [3.8, 4) is 0 Å². The molecule has 0 atom stereocenters. The van der Waals surface area contributed by atoms with Crippen LogP contribution >= 0.6 is 0 Å². The molecule has 1 aromatic rings. The van der Waals surface area contributed by atoms with Crippen molar-refractivity contribution in [1.29, 1.82) is 0 Å². The van der Waals surface area contributed by atoms with Crippen LogP contribution in [0.3, 0.4) is 0 Å². The average Bonchev–Trinajstić information content (AvgIpc) is 2.20. The molecule has 0 radical (unpaired) electrons. The molecular weight excluding hydrogens is 179 g/mol. The Morgan fingerprint density at radius 2 is 2.07 bits per heavy atom. The number of rotatable bonds is 5. The maximum Gasteiger partial charge on any atom is 0.126 e. The molecule has 2 heteroatoms. The smallest absolute Gasteiger partial charge is 0.126 e. The topological polar surface area (TPSA) is 9.23 Å². The molecule has 74 valence electrons. The van der Waals surface area contributed by atoms with Crippen molar-refractivity contribution in [2.45, 2.75) is 0 Å². The van der Waals surface area contributed by atoms with E-state index in [1.54, 1.807) is 6.08 Å². The Labute approximate surface area is 83.5 Å². The highest BCUT2D eigenvalue weighted by Gasteiger charge is 1.94. The van der Waals surface area contributed by atoms with Gasteiger partial charge in [-0.3, -0.25) is 0 Å². The highest BCUT2D eigenvalue weighted by Crippen LogP contribution is 2.07. The molecule has 0 aliphatic rings. The van der Waals surface area contributed by atoms with Crippen LogP contribution in [0, 0.1) is 0 Å². The lowest BCUT2D eigenvalue weighted by molar-refractivity contribution is 0.172. The van der Waals surface area contributed by atoms with E-state index >= 15 is 0 Å². The largest absolute Gasteiger partial charge is 0.370 e. The first-order valence-corrected chi connectivity index (χ1v) is 4.42. The van der Waals surface area contributed by atoms with Crippen molar-refractivity contribution in [2.24, 2.45) is 0 Å². The zero-order chi connectivity index (χ0) is 10.2. The summed E-state index contributed by atoms with van der Waals surface area (Å²) in [6, 6.07) is 9.30. The van der Waals surface area contributed by atoms with E-state index in [-0.39, 0.29) is 12.4 Å². The monoisotopic (exact) mass is 192 g/mol. The second kappa shape index (κ2) is 6.11. The summed E-state index contributed by atoms with van der Waals surface area (Å²) in [5.41, 5.74) is 0.840. The molecule has 1 rings (SSSR count). The van der Waals surface area contributed by atoms with Gasteiger partial charge in [-0.2, -0.15) is 0 Å². The van der Waals surface area contributed by atoms with Crippen molar-refractivity contribution in [1.82, 2.24) is 0 Å². The Balaban J connectivity index is 2.47. The van der Waals surface area contributed by atoms with E-state index in [1.165, 1.54) is 6.08 Å². The van der Waals surface area contributed by atoms with Crippen LogP contribution in [0.2, 0.25) is 0 Å². The summed E-state index contributed by atoms with van der Waals surface area (Å²) in [6.45, 7) is 3.85. The quantitative estimate of drug-likeness (QED) is 0.514. The van der Waals surface area contributed by atoms with Gasteiger partial charge in [0.2, 0.25) is 0 Å². The maximum atomic E-state index is 13.1. The van der Waals surface area contributed by atoms with Gasteiger partial charge in [-0.15, -0.1) is 6.58 Å². The first-order valence-electron chi connectivity index (χ1n) is 4.42. The minimum absolute atomic E-state index is 0.000907. The predicted octanol–water partition coefficient (Wildman–Crippen LogP) is 3.20. The SMILES string of the molecule is C=CCOC/C(F)=C\c1ccccc1. The molecule has 1 aromatic carbocycles. The molecule has 0 bridgehead atoms. The molecule has 0 unspecified atom stereocenters. The second-order valence-electron chi connectivity index (χ2n) is 2.81. The molecule has 0 aliphatic heterocycles. The van der Waals surface area contributed by atoms with Crippen LogP contribution in [0.5, 0.6) is 0 Å². The Morgan fingerprint density at radius 1 is 1.36 bits per heavy atom. The van der Waals surface area contributed by atoms with E-state index < -0.39 is 0 Å². The van der Waals surface area contributed by atoms with E-state index in [2.05, 4.69) is 6.58 Å². The molecule has 0 fully saturated rings. The molecule has 0 aromatic heterocycles. The minimum atomic E-state index is -0.280. The van der Waals surface area contributed by atoms with Gasteiger partial charge in [0.15, 0.2) is 0 Å². The van der Waals surface area contributed by atoms with Gasteiger partial charge < -0.3 is 4.74 Å². The van der Waals surface area contributed by atoms with Gasteiger partial charge in [-0.25, -0.2) is 4.39 Å². The van der Waals surface area contributed by atoms with Crippen LogP contribution < -0.4 is 0 Å². The molecule has 1 nitrogen and oxygen atoms in total. The van der Waals surface area contributed by atoms with E-state index in [4.69, 9.17) is 4.74 Å². The Morgan fingerprint density at radius 3 is 2.71 bits per heavy atom. The Bertz CT molecular complexity index is 303. The van der Waals surface area contributed by atoms with E-state index in [9.17, 15) is 4.39 Å². The Hall–Kier alpha value is -1.41.